The second kappa shape index (κ2) is 6.72. The lowest BCUT2D eigenvalue weighted by Gasteiger charge is -2.28. The van der Waals surface area contributed by atoms with Gasteiger partial charge in [0.25, 0.3) is 0 Å². The monoisotopic (exact) mass is 455 g/mol. The van der Waals surface area contributed by atoms with Gasteiger partial charge < -0.3 is 5.32 Å². The molecule has 13 heteroatoms. The van der Waals surface area contributed by atoms with Gasteiger partial charge in [-0.1, -0.05) is 23.2 Å². The van der Waals surface area contributed by atoms with Crippen LogP contribution in [-0.4, -0.2) is 38.3 Å². The Hall–Kier alpha value is -3.10. The fraction of sp³-hybridized carbons (Fsp3) is 0.235. The third-order valence-electron chi connectivity index (χ3n) is 4.79. The minimum Gasteiger partial charge on any atom is -0.306 e. The molecular formula is C17H10Cl2F3N7O. The normalized spacial score (nSPS) is 18.4. The summed E-state index contributed by atoms with van der Waals surface area (Å²) in [5, 5.41) is 15.2. The molecule has 0 aliphatic carbocycles. The van der Waals surface area contributed by atoms with Crippen molar-refractivity contribution in [2.24, 2.45) is 0 Å². The zero-order valence-electron chi connectivity index (χ0n) is 15.0. The summed E-state index contributed by atoms with van der Waals surface area (Å²) in [7, 11) is 0. The predicted molar refractivity (Wildman–Crippen MR) is 102 cm³/mol. The molecule has 0 bridgehead atoms. The molecule has 0 aromatic carbocycles. The van der Waals surface area contributed by atoms with Crippen molar-refractivity contribution in [1.82, 2.24) is 19.6 Å². The number of anilines is 2. The third kappa shape index (κ3) is 3.00. The number of rotatable bonds is 1. The number of nitriles is 1. The number of amides is 2. The topological polar surface area (TPSA) is 99.2 Å². The summed E-state index contributed by atoms with van der Waals surface area (Å²) in [5.41, 5.74) is -2.54. The predicted octanol–water partition coefficient (Wildman–Crippen LogP) is 4.17. The van der Waals surface area contributed by atoms with E-state index in [1.807, 2.05) is 0 Å². The zero-order valence-corrected chi connectivity index (χ0v) is 16.5. The number of urea groups is 1. The molecule has 0 fully saturated rings. The highest BCUT2D eigenvalue weighted by atomic mass is 35.5. The van der Waals surface area contributed by atoms with Crippen molar-refractivity contribution in [2.45, 2.75) is 18.5 Å². The Morgan fingerprint density at radius 2 is 2.03 bits per heavy atom. The lowest BCUT2D eigenvalue weighted by molar-refractivity contribution is -0.181. The number of nitrogens with zero attached hydrogens (tertiary/aromatic N) is 6. The van der Waals surface area contributed by atoms with E-state index in [9.17, 15) is 18.0 Å². The highest BCUT2D eigenvalue weighted by Crippen LogP contribution is 2.50. The van der Waals surface area contributed by atoms with E-state index in [0.29, 0.717) is 0 Å². The summed E-state index contributed by atoms with van der Waals surface area (Å²) in [4.78, 5) is 21.6. The van der Waals surface area contributed by atoms with Crippen LogP contribution in [0.25, 0.3) is 5.65 Å². The molecular weight excluding hydrogens is 446 g/mol. The van der Waals surface area contributed by atoms with Gasteiger partial charge in [0, 0.05) is 12.6 Å². The largest absolute Gasteiger partial charge is 0.401 e. The molecule has 1 aliphatic rings. The summed E-state index contributed by atoms with van der Waals surface area (Å²) >= 11 is 11.7. The number of alkyl halides is 3. The Bertz CT molecular complexity index is 1240. The van der Waals surface area contributed by atoms with E-state index < -0.39 is 24.2 Å². The van der Waals surface area contributed by atoms with Gasteiger partial charge in [0.05, 0.1) is 34.5 Å². The van der Waals surface area contributed by atoms with E-state index in [2.05, 4.69) is 20.4 Å². The van der Waals surface area contributed by atoms with E-state index in [1.54, 1.807) is 6.07 Å². The minimum atomic E-state index is -4.69. The van der Waals surface area contributed by atoms with Gasteiger partial charge in [-0.05, 0) is 13.0 Å². The summed E-state index contributed by atoms with van der Waals surface area (Å²) in [6.45, 7) is 0.279. The van der Waals surface area contributed by atoms with Gasteiger partial charge in [-0.2, -0.15) is 23.5 Å². The van der Waals surface area contributed by atoms with Gasteiger partial charge in [-0.15, -0.1) is 0 Å². The summed E-state index contributed by atoms with van der Waals surface area (Å²) in [5.74, 6) is 0. The molecule has 1 aliphatic heterocycles. The minimum absolute atomic E-state index is 0.00758. The highest BCUT2D eigenvalue weighted by Gasteiger charge is 2.60. The second-order valence-corrected chi connectivity index (χ2v) is 7.54. The van der Waals surface area contributed by atoms with Crippen LogP contribution in [0.15, 0.2) is 24.5 Å². The van der Waals surface area contributed by atoms with Crippen LogP contribution in [0.3, 0.4) is 0 Å². The van der Waals surface area contributed by atoms with Gasteiger partial charge in [0.15, 0.2) is 16.5 Å². The first-order valence-corrected chi connectivity index (χ1v) is 9.06. The first-order valence-electron chi connectivity index (χ1n) is 8.31. The van der Waals surface area contributed by atoms with Gasteiger partial charge in [0.1, 0.15) is 11.5 Å². The fourth-order valence-electron chi connectivity index (χ4n) is 3.27. The lowest BCUT2D eigenvalue weighted by atomic mass is 9.88. The van der Waals surface area contributed by atoms with Crippen molar-refractivity contribution in [3.8, 4) is 6.07 Å². The van der Waals surface area contributed by atoms with E-state index >= 15 is 0 Å². The molecule has 8 nitrogen and oxygen atoms in total. The maximum Gasteiger partial charge on any atom is 0.401 e. The maximum absolute atomic E-state index is 14.0. The van der Waals surface area contributed by atoms with E-state index in [1.165, 1.54) is 24.5 Å². The lowest BCUT2D eigenvalue weighted by Crippen LogP contribution is -2.46. The molecule has 4 heterocycles. The van der Waals surface area contributed by atoms with Crippen LogP contribution in [0.4, 0.5) is 29.3 Å². The number of halogens is 5. The Morgan fingerprint density at radius 3 is 2.67 bits per heavy atom. The number of pyridine rings is 1. The van der Waals surface area contributed by atoms with E-state index in [-0.39, 0.29) is 38.6 Å². The van der Waals surface area contributed by atoms with Crippen LogP contribution < -0.4 is 10.2 Å². The average Bonchev–Trinajstić information content (AvgIpc) is 3.19. The number of fused-ring (bicyclic) bond motifs is 3. The molecule has 1 N–H and O–H groups in total. The second-order valence-electron chi connectivity index (χ2n) is 6.74. The van der Waals surface area contributed by atoms with Crippen LogP contribution in [-0.2, 0) is 5.41 Å². The first-order chi connectivity index (χ1) is 14.0. The number of aromatic nitrogens is 4. The first kappa shape index (κ1) is 20.2. The molecule has 30 heavy (non-hydrogen) atoms. The molecule has 2 amide bonds. The zero-order chi connectivity index (χ0) is 21.8. The number of hydrogen-bond acceptors (Lipinski definition) is 5. The maximum atomic E-state index is 14.0. The number of carbonyl (C=O) groups excluding carboxylic acids is 1. The SMILES string of the molecule is CC1(C(F)(F)F)CN(C(=O)Nc2cnc(C#N)c(Cl)c2)c2cnc3cc(Cl)nn3c21. The standard InChI is InChI=1S/C17H10Cl2F3N7O/c1-16(17(20,21)22)7-28(11-6-25-13-3-12(19)27-29(13)14(11)16)15(30)26-8-2-9(18)10(4-23)24-5-8/h2-3,5-6H,7H2,1H3,(H,26,30). The van der Waals surface area contributed by atoms with Crippen LogP contribution >= 0.6 is 23.2 Å². The molecule has 0 radical (unpaired) electrons. The van der Waals surface area contributed by atoms with Crippen LogP contribution in [0.1, 0.15) is 18.3 Å². The van der Waals surface area contributed by atoms with Gasteiger partial charge in [0.2, 0.25) is 0 Å². The van der Waals surface area contributed by atoms with Crippen molar-refractivity contribution < 1.29 is 18.0 Å². The molecule has 4 rings (SSSR count). The van der Waals surface area contributed by atoms with Crippen molar-refractivity contribution >= 4 is 46.3 Å². The van der Waals surface area contributed by atoms with Crippen molar-refractivity contribution in [3.05, 3.63) is 46.1 Å². The van der Waals surface area contributed by atoms with Crippen molar-refractivity contribution in [1.29, 1.82) is 5.26 Å². The summed E-state index contributed by atoms with van der Waals surface area (Å²) in [6.07, 6.45) is -2.34. The molecule has 1 unspecified atom stereocenters. The van der Waals surface area contributed by atoms with Crippen molar-refractivity contribution in [3.63, 3.8) is 0 Å². The van der Waals surface area contributed by atoms with Gasteiger partial charge in [-0.3, -0.25) is 4.90 Å². The third-order valence-corrected chi connectivity index (χ3v) is 5.26. The summed E-state index contributed by atoms with van der Waals surface area (Å²) in [6, 6.07) is 3.52. The molecule has 3 aromatic rings. The molecule has 3 aromatic heterocycles. The molecule has 0 spiro atoms. The number of carbonyl (C=O) groups is 1. The van der Waals surface area contributed by atoms with E-state index in [0.717, 1.165) is 16.3 Å². The molecule has 0 saturated carbocycles. The van der Waals surface area contributed by atoms with Crippen molar-refractivity contribution in [2.75, 3.05) is 16.8 Å². The Balaban J connectivity index is 1.78. The molecule has 154 valence electrons. The van der Waals surface area contributed by atoms with Gasteiger partial charge >= 0.3 is 12.2 Å². The van der Waals surface area contributed by atoms with Gasteiger partial charge in [-0.25, -0.2) is 19.3 Å². The highest BCUT2D eigenvalue weighted by molar-refractivity contribution is 6.31. The number of hydrogen-bond donors (Lipinski definition) is 1. The van der Waals surface area contributed by atoms with Crippen LogP contribution in [0.2, 0.25) is 10.2 Å². The van der Waals surface area contributed by atoms with Crippen LogP contribution in [0.5, 0.6) is 0 Å². The number of nitrogens with one attached hydrogen (secondary N) is 1. The Kier molecular flexibility index (Phi) is 4.52. The average molecular weight is 456 g/mol. The van der Waals surface area contributed by atoms with E-state index in [4.69, 9.17) is 28.5 Å². The molecule has 1 atom stereocenters. The smallest absolute Gasteiger partial charge is 0.306 e. The Labute approximate surface area is 176 Å². The summed E-state index contributed by atoms with van der Waals surface area (Å²) < 4.78 is 43.1. The van der Waals surface area contributed by atoms with Crippen LogP contribution in [0, 0.1) is 11.3 Å². The quantitative estimate of drug-likeness (QED) is 0.593. The fourth-order valence-corrected chi connectivity index (χ4v) is 3.65. The molecule has 0 saturated heterocycles. The Morgan fingerprint density at radius 1 is 1.30 bits per heavy atom.